The summed E-state index contributed by atoms with van der Waals surface area (Å²) in [5.74, 6) is 0. The number of hydrogen-bond donors (Lipinski definition) is 2. The van der Waals surface area contributed by atoms with E-state index >= 15 is 0 Å². The average molecular weight is 257 g/mol. The molecule has 2 N–H and O–H groups in total. The van der Waals surface area contributed by atoms with Crippen molar-refractivity contribution in [2.75, 3.05) is 19.6 Å². The van der Waals surface area contributed by atoms with Gasteiger partial charge in [0.15, 0.2) is 0 Å². The van der Waals surface area contributed by atoms with Crippen LogP contribution in [0.2, 0.25) is 0 Å². The van der Waals surface area contributed by atoms with Crippen LogP contribution >= 0.6 is 0 Å². The minimum absolute atomic E-state index is 0.225. The molecule has 1 aromatic carbocycles. The van der Waals surface area contributed by atoms with Gasteiger partial charge in [-0.2, -0.15) is 0 Å². The Hall–Kier alpha value is -1.32. The number of fused-ring (bicyclic) bond motifs is 1. The van der Waals surface area contributed by atoms with Crippen molar-refractivity contribution in [1.29, 1.82) is 0 Å². The second-order valence-corrected chi connectivity index (χ2v) is 6.18. The van der Waals surface area contributed by atoms with E-state index in [0.29, 0.717) is 0 Å². The largest absolute Gasteiger partial charge is 0.358 e. The van der Waals surface area contributed by atoms with Crippen molar-refractivity contribution in [2.45, 2.75) is 32.9 Å². The van der Waals surface area contributed by atoms with Gasteiger partial charge in [-0.15, -0.1) is 0 Å². The summed E-state index contributed by atoms with van der Waals surface area (Å²) in [6.07, 6.45) is 0. The van der Waals surface area contributed by atoms with Gasteiger partial charge in [0.1, 0.15) is 0 Å². The molecule has 2 heterocycles. The lowest BCUT2D eigenvalue weighted by Crippen LogP contribution is -2.57. The molecule has 0 atom stereocenters. The molecule has 0 radical (unpaired) electrons. The van der Waals surface area contributed by atoms with Crippen molar-refractivity contribution in [2.24, 2.45) is 0 Å². The Morgan fingerprint density at radius 3 is 2.84 bits per heavy atom. The van der Waals surface area contributed by atoms with Crippen LogP contribution in [0.25, 0.3) is 10.9 Å². The summed E-state index contributed by atoms with van der Waals surface area (Å²) in [5, 5.41) is 4.86. The summed E-state index contributed by atoms with van der Waals surface area (Å²) >= 11 is 0. The number of nitrogens with one attached hydrogen (secondary N) is 2. The van der Waals surface area contributed by atoms with E-state index < -0.39 is 0 Å². The number of aromatic amines is 1. The fourth-order valence-electron chi connectivity index (χ4n) is 3.05. The van der Waals surface area contributed by atoms with Crippen LogP contribution in [0.15, 0.2) is 24.3 Å². The molecule has 0 unspecified atom stereocenters. The highest BCUT2D eigenvalue weighted by molar-refractivity contribution is 5.84. The van der Waals surface area contributed by atoms with Crippen LogP contribution in [0.4, 0.5) is 0 Å². The Kier molecular flexibility index (Phi) is 3.11. The molecule has 1 saturated heterocycles. The lowest BCUT2D eigenvalue weighted by Gasteiger charge is -2.43. The molecule has 1 aliphatic heterocycles. The van der Waals surface area contributed by atoms with Crippen molar-refractivity contribution in [3.8, 4) is 0 Å². The van der Waals surface area contributed by atoms with Gasteiger partial charge in [-0.3, -0.25) is 4.90 Å². The number of H-pyrrole nitrogens is 1. The van der Waals surface area contributed by atoms with Gasteiger partial charge in [0, 0.05) is 48.3 Å². The van der Waals surface area contributed by atoms with Crippen molar-refractivity contribution in [3.63, 3.8) is 0 Å². The van der Waals surface area contributed by atoms with Crippen molar-refractivity contribution < 1.29 is 0 Å². The van der Waals surface area contributed by atoms with E-state index in [1.165, 1.54) is 22.2 Å². The van der Waals surface area contributed by atoms with Crippen LogP contribution in [0.5, 0.6) is 0 Å². The molecule has 0 spiro atoms. The SMILES string of the molecule is Cc1[nH]c2ccccc2c1CN1CCNCC1(C)C. The van der Waals surface area contributed by atoms with E-state index in [0.717, 1.165) is 26.2 Å². The van der Waals surface area contributed by atoms with E-state index in [2.05, 4.69) is 60.2 Å². The number of nitrogens with zero attached hydrogens (tertiary/aromatic N) is 1. The van der Waals surface area contributed by atoms with Crippen molar-refractivity contribution in [3.05, 3.63) is 35.5 Å². The van der Waals surface area contributed by atoms with Gasteiger partial charge in [0.2, 0.25) is 0 Å². The predicted molar refractivity (Wildman–Crippen MR) is 80.4 cm³/mol. The van der Waals surface area contributed by atoms with Crippen molar-refractivity contribution in [1.82, 2.24) is 15.2 Å². The molecule has 1 aromatic heterocycles. The first-order valence-electron chi connectivity index (χ1n) is 7.10. The monoisotopic (exact) mass is 257 g/mol. The van der Waals surface area contributed by atoms with Gasteiger partial charge < -0.3 is 10.3 Å². The second kappa shape index (κ2) is 4.66. The molecule has 19 heavy (non-hydrogen) atoms. The standard InChI is InChI=1S/C16H23N3/c1-12-14(13-6-4-5-7-15(13)18-12)10-19-9-8-17-11-16(19,2)3/h4-7,17-18H,8-11H2,1-3H3. The maximum atomic E-state index is 3.50. The third kappa shape index (κ3) is 2.28. The van der Waals surface area contributed by atoms with E-state index in [-0.39, 0.29) is 5.54 Å². The normalized spacial score (nSPS) is 19.9. The summed E-state index contributed by atoms with van der Waals surface area (Å²) in [6, 6.07) is 8.61. The maximum Gasteiger partial charge on any atom is 0.0459 e. The zero-order valence-corrected chi connectivity index (χ0v) is 12.1. The first-order valence-corrected chi connectivity index (χ1v) is 7.10. The van der Waals surface area contributed by atoms with Gasteiger partial charge in [-0.05, 0) is 32.4 Å². The number of benzene rings is 1. The Balaban J connectivity index is 1.94. The van der Waals surface area contributed by atoms with Crippen molar-refractivity contribution >= 4 is 10.9 Å². The molecule has 0 saturated carbocycles. The van der Waals surface area contributed by atoms with Crippen LogP contribution in [0.1, 0.15) is 25.1 Å². The molecule has 0 aliphatic carbocycles. The molecule has 3 nitrogen and oxygen atoms in total. The molecular weight excluding hydrogens is 234 g/mol. The Morgan fingerprint density at radius 1 is 1.26 bits per heavy atom. The quantitative estimate of drug-likeness (QED) is 0.866. The van der Waals surface area contributed by atoms with Crippen LogP contribution in [0, 0.1) is 6.92 Å². The van der Waals surface area contributed by atoms with Crippen LogP contribution in [-0.2, 0) is 6.54 Å². The molecule has 0 bridgehead atoms. The van der Waals surface area contributed by atoms with Gasteiger partial charge in [-0.25, -0.2) is 0 Å². The predicted octanol–water partition coefficient (Wildman–Crippen LogP) is 2.66. The Labute approximate surface area is 115 Å². The molecule has 0 amide bonds. The first-order chi connectivity index (χ1) is 9.08. The van der Waals surface area contributed by atoms with Gasteiger partial charge >= 0.3 is 0 Å². The highest BCUT2D eigenvalue weighted by atomic mass is 15.2. The van der Waals surface area contributed by atoms with E-state index in [1.807, 2.05) is 0 Å². The fourth-order valence-corrected chi connectivity index (χ4v) is 3.05. The van der Waals surface area contributed by atoms with E-state index in [1.54, 1.807) is 0 Å². The highest BCUT2D eigenvalue weighted by Gasteiger charge is 2.30. The number of aryl methyl sites for hydroxylation is 1. The third-order valence-electron chi connectivity index (χ3n) is 4.35. The van der Waals surface area contributed by atoms with E-state index in [9.17, 15) is 0 Å². The number of para-hydroxylation sites is 1. The Morgan fingerprint density at radius 2 is 2.05 bits per heavy atom. The molecule has 1 aliphatic rings. The summed E-state index contributed by atoms with van der Waals surface area (Å²) in [6.45, 7) is 11.1. The number of rotatable bonds is 2. The van der Waals surface area contributed by atoms with Crippen LogP contribution < -0.4 is 5.32 Å². The fraction of sp³-hybridized carbons (Fsp3) is 0.500. The summed E-state index contributed by atoms with van der Waals surface area (Å²) in [4.78, 5) is 6.09. The van der Waals surface area contributed by atoms with Gasteiger partial charge in [0.05, 0.1) is 0 Å². The minimum Gasteiger partial charge on any atom is -0.358 e. The molecule has 102 valence electrons. The zero-order chi connectivity index (χ0) is 13.5. The van der Waals surface area contributed by atoms with Gasteiger partial charge in [-0.1, -0.05) is 18.2 Å². The topological polar surface area (TPSA) is 31.1 Å². The Bertz CT molecular complexity index is 583. The second-order valence-electron chi connectivity index (χ2n) is 6.18. The number of piperazine rings is 1. The van der Waals surface area contributed by atoms with E-state index in [4.69, 9.17) is 0 Å². The summed E-state index contributed by atoms with van der Waals surface area (Å²) in [5.41, 5.74) is 4.23. The highest BCUT2D eigenvalue weighted by Crippen LogP contribution is 2.26. The third-order valence-corrected chi connectivity index (χ3v) is 4.35. The molecule has 3 rings (SSSR count). The van der Waals surface area contributed by atoms with Crippen LogP contribution in [-0.4, -0.2) is 35.1 Å². The number of aromatic nitrogens is 1. The summed E-state index contributed by atoms with van der Waals surface area (Å²) < 4.78 is 0. The maximum absolute atomic E-state index is 3.50. The smallest absolute Gasteiger partial charge is 0.0459 e. The summed E-state index contributed by atoms with van der Waals surface area (Å²) in [7, 11) is 0. The average Bonchev–Trinajstić information content (AvgIpc) is 2.68. The first kappa shape index (κ1) is 12.7. The zero-order valence-electron chi connectivity index (χ0n) is 12.1. The molecular formula is C16H23N3. The lowest BCUT2D eigenvalue weighted by atomic mass is 9.98. The molecule has 2 aromatic rings. The number of hydrogen-bond acceptors (Lipinski definition) is 2. The lowest BCUT2D eigenvalue weighted by molar-refractivity contribution is 0.0830. The van der Waals surface area contributed by atoms with Gasteiger partial charge in [0.25, 0.3) is 0 Å². The molecule has 1 fully saturated rings. The van der Waals surface area contributed by atoms with Crippen LogP contribution in [0.3, 0.4) is 0 Å². The minimum atomic E-state index is 0.225. The molecule has 3 heteroatoms.